The number of fused-ring (bicyclic) bond motifs is 6. The molecular weight excluding hydrogens is 1600 g/mol. The Bertz CT molecular complexity index is 3630. The smallest absolute Gasteiger partial charge is 1.00 e. The maximum Gasteiger partial charge on any atom is 2.00 e. The fourth-order valence-electron chi connectivity index (χ4n) is 12.6. The molecule has 13 heterocycles. The van der Waals surface area contributed by atoms with Crippen molar-refractivity contribution in [2.75, 3.05) is 140 Å². The number of hydrogen-bond donors (Lipinski definition) is 7. The Morgan fingerprint density at radius 3 is 1.61 bits per heavy atom. The Kier molecular flexibility index (Phi) is 46.0. The number of hydrogen-bond acceptors (Lipinski definition) is 24. The van der Waals surface area contributed by atoms with Gasteiger partial charge in [-0.25, -0.2) is 42.3 Å². The third-order valence-electron chi connectivity index (χ3n) is 19.5. The Morgan fingerprint density at radius 1 is 0.675 bits per heavy atom. The van der Waals surface area contributed by atoms with Crippen LogP contribution in [0.25, 0.3) is 0 Å². The number of nitrogens with two attached hydrogens (primary N) is 1. The number of esters is 1. The van der Waals surface area contributed by atoms with Gasteiger partial charge in [-0.05, 0) is 86.5 Å². The van der Waals surface area contributed by atoms with Crippen molar-refractivity contribution in [3.8, 4) is 11.5 Å². The third-order valence-corrected chi connectivity index (χ3v) is 22.6. The second-order valence-corrected chi connectivity index (χ2v) is 34.3. The number of methoxy groups -OCH3 is 2. The van der Waals surface area contributed by atoms with Gasteiger partial charge in [0.1, 0.15) is 28.7 Å². The van der Waals surface area contributed by atoms with E-state index in [9.17, 15) is 52.2 Å². The summed E-state index contributed by atoms with van der Waals surface area (Å²) in [5.74, 6) is -2.91. The molecule has 0 radical (unpaired) electrons. The second kappa shape index (κ2) is 50.3. The Labute approximate surface area is 703 Å². The second-order valence-electron chi connectivity index (χ2n) is 30.5. The van der Waals surface area contributed by atoms with Crippen molar-refractivity contribution < 1.29 is 122 Å². The van der Waals surface area contributed by atoms with E-state index in [4.69, 9.17) is 63.3 Å². The number of nitrogens with zero attached hydrogens (tertiary/aromatic N) is 4. The van der Waals surface area contributed by atoms with Crippen LogP contribution in [-0.2, 0) is 74.1 Å². The molecule has 0 spiro atoms. The standard InChI is InChI=1S/C18H20N2O6.C15H16N2O6.C12H23NO2S.C9H17NO2S.C5H10O2.C5H8O2.C4H9NO2.2C4H8O.C3H5.BrH.Mg/c1-4-6-18-10-26-9-12(18)19-8-11(17(23)24)14(21)15(25-3)13(19)16(22)20(18)7-5-2;1-3-4-15-7-23-6-9(15)17-5-8(14(21)22-2)11(18)12(19)10(17)13(20)16-15;1-6-7-12(9-15-8-10(12)2)13-16(14)11(3,4)5;1-7-5-12-6-8(7)10-13(11)9(2,3)4;2*1-4-2-7-3-5(4)6;5-3-1-7-2-4(3)6;2*1-2-4-5-3-1;1-3-2;;/h4-5,8,12H,1-2,6-7,9-10H2,3H3,(H,23,24);3,5,9,19H,1,4,6-7H2,2H3,(H,16,20);6,10,13H,1,7-9H2,2-5H3;7H,5-6H2,1-4H3;4-6H,2-3H2,1H3;4H,2-3H2,1H3;3-4,6H,1-2,5H2;2*1-4H2;3H,1-2H2;1H;/q;;;;;;;;;-1;;+2/p-1/t12-,18+;9-,15+;10-,12+,16+;7-,13+;4-,5-;4-;3-,4-;;;;;/m0000000...../s1. The molecule has 0 aromatic carbocycles. The number of halogens is 1. The van der Waals surface area contributed by atoms with E-state index in [1.54, 1.807) is 23.1 Å². The minimum Gasteiger partial charge on any atom is -1.00 e. The molecule has 640 valence electrons. The van der Waals surface area contributed by atoms with Gasteiger partial charge in [-0.3, -0.25) is 24.0 Å². The van der Waals surface area contributed by atoms with Crippen molar-refractivity contribution in [1.29, 1.82) is 0 Å². The first-order valence-corrected chi connectivity index (χ1v) is 39.8. The average molecular weight is 1720 g/mol. The molecule has 14 atom stereocenters. The fraction of sp³-hybridized carbons (Fsp3) is 0.658. The van der Waals surface area contributed by atoms with Crippen molar-refractivity contribution in [2.45, 2.75) is 171 Å². The number of allylic oxidation sites excluding steroid dienone is 1. The molecule has 13 rings (SSSR count). The number of aromatic nitrogens is 2. The molecular formula is C79H124BrMgN7O24S2. The van der Waals surface area contributed by atoms with E-state index in [0.29, 0.717) is 83.5 Å². The monoisotopic (exact) mass is 1720 g/mol. The molecule has 2 aromatic heterocycles. The van der Waals surface area contributed by atoms with E-state index in [0.717, 1.165) is 58.9 Å². The van der Waals surface area contributed by atoms with Crippen LogP contribution in [0.3, 0.4) is 0 Å². The van der Waals surface area contributed by atoms with Crippen molar-refractivity contribution >= 4 is 80.3 Å². The molecule has 0 aliphatic carbocycles. The number of ketones is 1. The first kappa shape index (κ1) is 104. The van der Waals surface area contributed by atoms with E-state index >= 15 is 0 Å². The fourth-order valence-corrected chi connectivity index (χ4v) is 14.3. The van der Waals surface area contributed by atoms with Gasteiger partial charge in [0.15, 0.2) is 28.7 Å². The minimum atomic E-state index is -1.38. The van der Waals surface area contributed by atoms with Crippen molar-refractivity contribution in [1.82, 2.24) is 24.1 Å². The van der Waals surface area contributed by atoms with Crippen LogP contribution in [0.1, 0.15) is 168 Å². The number of carboxylic acid groups (broad SMARTS) is 1. The van der Waals surface area contributed by atoms with E-state index in [1.165, 1.54) is 60.4 Å². The van der Waals surface area contributed by atoms with E-state index in [-0.39, 0.29) is 147 Å². The average Bonchev–Trinajstić information content (AvgIpc) is 1.25. The van der Waals surface area contributed by atoms with Gasteiger partial charge in [0.25, 0.3) is 11.8 Å². The zero-order valence-electron chi connectivity index (χ0n) is 68.6. The number of aromatic carboxylic acids is 1. The summed E-state index contributed by atoms with van der Waals surface area (Å²) >= 11 is 0. The SMILES string of the molecule is C1CCOC1.C1CCOC1.C=CCN1C(=O)c2c(OC)c(=O)c(C(=O)O)cn2[C@H]2COC[C@]21CC=C.C=CC[C@@]1(N[S@](=O)C(C)(C)C)COC[C@@H]1C.C=CC[C@@]12COC[C@@H]1n1cc(C(=O)OC)c(=O)c(O)c1C(=O)N2.C=C[CH2-].C[C@H]1COCC1=N[S@](=O)C(C)(C)C.C[C@H]1COCC1=O.C[C@H]1COC[C@@H]1O.N[C@H]1COC[C@@H]1O.[Br-].[Mg+2]. The number of aliphatic hydroxyl groups excluding tert-OH is 2. The maximum atomic E-state index is 13.2. The number of carbonyl (C=O) groups excluding carboxylic acids is 4. The van der Waals surface area contributed by atoms with Crippen LogP contribution in [0, 0.1) is 30.6 Å². The van der Waals surface area contributed by atoms with Crippen LogP contribution in [0.2, 0.25) is 0 Å². The summed E-state index contributed by atoms with van der Waals surface area (Å²) in [6.45, 7) is 52.2. The predicted molar refractivity (Wildman–Crippen MR) is 432 cm³/mol. The first-order valence-electron chi connectivity index (χ1n) is 37.6. The number of amides is 2. The van der Waals surface area contributed by atoms with Crippen LogP contribution in [0.5, 0.6) is 11.5 Å². The van der Waals surface area contributed by atoms with Crippen LogP contribution in [0.15, 0.2) is 89.7 Å². The van der Waals surface area contributed by atoms with Gasteiger partial charge in [-0.2, -0.15) is 4.40 Å². The normalized spacial score (nSPS) is 27.8. The topological polar surface area (TPSA) is 412 Å². The summed E-state index contributed by atoms with van der Waals surface area (Å²) in [4.78, 5) is 85.5. The quantitative estimate of drug-likeness (QED) is 0.0619. The summed E-state index contributed by atoms with van der Waals surface area (Å²) in [6, 6.07) is -0.899. The van der Waals surface area contributed by atoms with Gasteiger partial charge < -0.3 is 115 Å². The molecule has 11 aliphatic heterocycles. The molecule has 0 unspecified atom stereocenters. The van der Waals surface area contributed by atoms with E-state index in [1.807, 2.05) is 68.4 Å². The van der Waals surface area contributed by atoms with E-state index in [2.05, 4.69) is 65.9 Å². The number of carboxylic acids is 1. The van der Waals surface area contributed by atoms with Gasteiger partial charge in [0.05, 0.1) is 173 Å². The zero-order valence-corrected chi connectivity index (χ0v) is 73.2. The predicted octanol–water partition coefficient (Wildman–Crippen LogP) is 2.79. The number of carbonyl (C=O) groups is 5. The van der Waals surface area contributed by atoms with Crippen molar-refractivity contribution in [2.24, 2.45) is 33.8 Å². The molecule has 0 saturated carbocycles. The molecule has 31 nitrogen and oxygen atoms in total. The van der Waals surface area contributed by atoms with Crippen LogP contribution < -0.4 is 48.3 Å². The minimum absolute atomic E-state index is 0. The van der Waals surface area contributed by atoms with Gasteiger partial charge in [-0.15, -0.1) is 26.3 Å². The van der Waals surface area contributed by atoms with Crippen LogP contribution in [-0.4, -0.2) is 285 Å². The molecule has 2 amide bonds. The molecule has 2 aromatic rings. The van der Waals surface area contributed by atoms with Crippen LogP contribution in [0.4, 0.5) is 0 Å². The van der Waals surface area contributed by atoms with Gasteiger partial charge >= 0.3 is 35.0 Å². The Morgan fingerprint density at radius 2 is 1.21 bits per heavy atom. The summed E-state index contributed by atoms with van der Waals surface area (Å²) in [5, 5.41) is 39.9. The third kappa shape index (κ3) is 28.8. The largest absolute Gasteiger partial charge is 2.00 e. The summed E-state index contributed by atoms with van der Waals surface area (Å²) in [6.07, 6.45) is 17.0. The number of Topliss-reactive ketones (excluding diaryl/α,β-unsaturated/α-hetero) is 1. The maximum absolute atomic E-state index is 13.2. The van der Waals surface area contributed by atoms with Crippen molar-refractivity contribution in [3.63, 3.8) is 0 Å². The number of pyridine rings is 2. The number of rotatable bonds is 14. The molecule has 35 heteroatoms. The summed E-state index contributed by atoms with van der Waals surface area (Å²) in [5.41, 5.74) is 1.89. The molecule has 8 N–H and O–H groups in total. The number of aliphatic hydroxyl groups is 2. The summed E-state index contributed by atoms with van der Waals surface area (Å²) < 4.78 is 89.7. The Hall–Kier alpha value is -5.68. The number of nitrogens with one attached hydrogen (secondary N) is 2. The molecule has 11 aliphatic rings. The zero-order chi connectivity index (χ0) is 83.9. The van der Waals surface area contributed by atoms with Gasteiger partial charge in [0, 0.05) is 69.0 Å². The molecule has 0 bridgehead atoms. The number of ether oxygens (including phenoxy) is 11. The molecule has 9 fully saturated rings. The van der Waals surface area contributed by atoms with Crippen LogP contribution >= 0.6 is 0 Å². The van der Waals surface area contributed by atoms with Crippen molar-refractivity contribution in [3.05, 3.63) is 126 Å². The Balaban J connectivity index is 0.000000457. The van der Waals surface area contributed by atoms with E-state index < -0.39 is 85.1 Å². The first-order chi connectivity index (χ1) is 52.9. The molecule has 114 heavy (non-hydrogen) atoms. The van der Waals surface area contributed by atoms with Gasteiger partial charge in [-0.1, -0.05) is 52.0 Å². The number of aromatic hydroxyl groups is 1. The molecule has 9 saturated heterocycles. The summed E-state index contributed by atoms with van der Waals surface area (Å²) in [7, 11) is 0.170. The van der Waals surface area contributed by atoms with Gasteiger partial charge in [0.2, 0.25) is 10.9 Å².